The average Bonchev–Trinajstić information content (AvgIpc) is 2.34. The van der Waals surface area contributed by atoms with Crippen molar-refractivity contribution in [2.75, 3.05) is 12.0 Å². The highest BCUT2D eigenvalue weighted by atomic mass is 32.2. The lowest BCUT2D eigenvalue weighted by Gasteiger charge is -2.15. The van der Waals surface area contributed by atoms with Crippen molar-refractivity contribution < 1.29 is 8.42 Å². The topological polar surface area (TPSA) is 72.2 Å². The lowest BCUT2D eigenvalue weighted by molar-refractivity contribution is 0.459. The van der Waals surface area contributed by atoms with E-state index in [1.165, 1.54) is 17.4 Å². The van der Waals surface area contributed by atoms with Crippen molar-refractivity contribution in [3.63, 3.8) is 0 Å². The lowest BCUT2D eigenvalue weighted by atomic mass is 10.0. The normalized spacial score (nSPS) is 13.4. The zero-order chi connectivity index (χ0) is 14.3. The van der Waals surface area contributed by atoms with E-state index in [9.17, 15) is 8.42 Å². The number of sulfone groups is 1. The van der Waals surface area contributed by atoms with Crippen molar-refractivity contribution >= 4 is 9.84 Å². The molecule has 5 heteroatoms. The van der Waals surface area contributed by atoms with E-state index in [1.807, 2.05) is 0 Å². The van der Waals surface area contributed by atoms with E-state index in [1.54, 1.807) is 0 Å². The molecule has 0 radical (unpaired) electrons. The Labute approximate surface area is 116 Å². The Morgan fingerprint density at radius 2 is 1.84 bits per heavy atom. The summed E-state index contributed by atoms with van der Waals surface area (Å²) in [6.45, 7) is 2.07. The number of hydrazine groups is 1. The van der Waals surface area contributed by atoms with Crippen molar-refractivity contribution in [3.8, 4) is 0 Å². The van der Waals surface area contributed by atoms with Gasteiger partial charge in [0, 0.05) is 18.1 Å². The molecule has 0 aliphatic carbocycles. The van der Waals surface area contributed by atoms with Gasteiger partial charge in [-0.05, 0) is 38.2 Å². The summed E-state index contributed by atoms with van der Waals surface area (Å²) in [4.78, 5) is 0. The number of nitrogens with one attached hydrogen (secondary N) is 1. The molecule has 1 rings (SSSR count). The molecule has 0 aliphatic rings. The molecule has 3 N–H and O–H groups in total. The first-order valence-corrected chi connectivity index (χ1v) is 8.66. The van der Waals surface area contributed by atoms with Crippen LogP contribution < -0.4 is 11.3 Å². The quantitative estimate of drug-likeness (QED) is 0.561. The molecular formula is C14H24N2O2S. The van der Waals surface area contributed by atoms with E-state index in [-0.39, 0.29) is 11.8 Å². The summed E-state index contributed by atoms with van der Waals surface area (Å²) >= 11 is 0. The van der Waals surface area contributed by atoms with Gasteiger partial charge in [0.25, 0.3) is 0 Å². The second kappa shape index (κ2) is 7.62. The van der Waals surface area contributed by atoms with Crippen LogP contribution in [0.25, 0.3) is 0 Å². The second-order valence-corrected chi connectivity index (χ2v) is 7.42. The largest absolute Gasteiger partial charge is 0.271 e. The number of rotatable bonds is 8. The lowest BCUT2D eigenvalue weighted by Crippen LogP contribution is -2.35. The van der Waals surface area contributed by atoms with E-state index in [0.29, 0.717) is 6.42 Å². The van der Waals surface area contributed by atoms with Gasteiger partial charge < -0.3 is 0 Å². The van der Waals surface area contributed by atoms with E-state index in [2.05, 4.69) is 36.6 Å². The highest BCUT2D eigenvalue weighted by Gasteiger charge is 2.09. The fourth-order valence-corrected chi connectivity index (χ4v) is 2.69. The van der Waals surface area contributed by atoms with Crippen LogP contribution in [-0.4, -0.2) is 26.5 Å². The Balaban J connectivity index is 2.34. The first-order valence-electron chi connectivity index (χ1n) is 6.60. The van der Waals surface area contributed by atoms with E-state index in [0.717, 1.165) is 19.3 Å². The monoisotopic (exact) mass is 284 g/mol. The number of aryl methyl sites for hydroxylation is 2. The van der Waals surface area contributed by atoms with Crippen LogP contribution in [-0.2, 0) is 16.3 Å². The second-order valence-electron chi connectivity index (χ2n) is 5.16. The van der Waals surface area contributed by atoms with Crippen LogP contribution in [0.2, 0.25) is 0 Å². The number of benzene rings is 1. The van der Waals surface area contributed by atoms with Gasteiger partial charge in [-0.2, -0.15) is 0 Å². The first kappa shape index (κ1) is 16.1. The number of nitrogens with two attached hydrogens (primary N) is 1. The molecule has 1 aromatic rings. The van der Waals surface area contributed by atoms with E-state index < -0.39 is 9.84 Å². The fourth-order valence-electron chi connectivity index (χ4n) is 2.00. The predicted octanol–water partition coefficient (Wildman–Crippen LogP) is 1.58. The Kier molecular flexibility index (Phi) is 6.48. The molecular weight excluding hydrogens is 260 g/mol. The van der Waals surface area contributed by atoms with Crippen LogP contribution in [0.1, 0.15) is 30.4 Å². The zero-order valence-electron chi connectivity index (χ0n) is 11.7. The average molecular weight is 284 g/mol. The van der Waals surface area contributed by atoms with Crippen LogP contribution in [0.15, 0.2) is 24.3 Å². The Bertz CT molecular complexity index is 469. The molecule has 1 atom stereocenters. The van der Waals surface area contributed by atoms with Gasteiger partial charge in [-0.3, -0.25) is 11.3 Å². The first-order chi connectivity index (χ1) is 8.90. The van der Waals surface area contributed by atoms with Crippen LogP contribution in [0.4, 0.5) is 0 Å². The smallest absolute Gasteiger partial charge is 0.147 e. The third-order valence-corrected chi connectivity index (χ3v) is 4.24. The summed E-state index contributed by atoms with van der Waals surface area (Å²) < 4.78 is 22.1. The summed E-state index contributed by atoms with van der Waals surface area (Å²) in [5.41, 5.74) is 5.32. The minimum atomic E-state index is -2.87. The molecule has 19 heavy (non-hydrogen) atoms. The molecule has 1 aromatic carbocycles. The fraction of sp³-hybridized carbons (Fsp3) is 0.571. The molecule has 0 amide bonds. The molecule has 4 nitrogen and oxygen atoms in total. The van der Waals surface area contributed by atoms with Crippen molar-refractivity contribution in [2.45, 2.75) is 38.6 Å². The summed E-state index contributed by atoms with van der Waals surface area (Å²) in [5.74, 6) is 5.74. The molecule has 0 heterocycles. The molecule has 0 saturated carbocycles. The summed E-state index contributed by atoms with van der Waals surface area (Å²) in [6, 6.07) is 8.62. The molecule has 0 aliphatic heterocycles. The summed E-state index contributed by atoms with van der Waals surface area (Å²) in [5, 5.41) is 0. The minimum Gasteiger partial charge on any atom is -0.271 e. The maximum Gasteiger partial charge on any atom is 0.147 e. The number of hydrogen-bond donors (Lipinski definition) is 2. The SMILES string of the molecule is Cc1ccc(CCC(CCCS(C)(=O)=O)NN)cc1. The number of hydrogen-bond acceptors (Lipinski definition) is 4. The standard InChI is InChI=1S/C14H24N2O2S/c1-12-5-7-13(8-6-12)9-10-14(16-15)4-3-11-19(2,17)18/h5-8,14,16H,3-4,9-11,15H2,1-2H3. The van der Waals surface area contributed by atoms with Gasteiger partial charge in [-0.1, -0.05) is 29.8 Å². The maximum absolute atomic E-state index is 11.1. The minimum absolute atomic E-state index is 0.169. The van der Waals surface area contributed by atoms with E-state index in [4.69, 9.17) is 5.84 Å². The summed E-state index contributed by atoms with van der Waals surface area (Å²) in [6.07, 6.45) is 4.58. The van der Waals surface area contributed by atoms with Crippen molar-refractivity contribution in [3.05, 3.63) is 35.4 Å². The highest BCUT2D eigenvalue weighted by molar-refractivity contribution is 7.90. The van der Waals surface area contributed by atoms with Crippen molar-refractivity contribution in [1.82, 2.24) is 5.43 Å². The van der Waals surface area contributed by atoms with Gasteiger partial charge in [0.1, 0.15) is 9.84 Å². The van der Waals surface area contributed by atoms with Gasteiger partial charge in [0.05, 0.1) is 0 Å². The Hall–Kier alpha value is -0.910. The van der Waals surface area contributed by atoms with Crippen LogP contribution >= 0.6 is 0 Å². The van der Waals surface area contributed by atoms with Gasteiger partial charge >= 0.3 is 0 Å². The van der Waals surface area contributed by atoms with Crippen molar-refractivity contribution in [2.24, 2.45) is 5.84 Å². The predicted molar refractivity (Wildman–Crippen MR) is 79.6 cm³/mol. The van der Waals surface area contributed by atoms with Crippen LogP contribution in [0.3, 0.4) is 0 Å². The molecule has 0 aromatic heterocycles. The molecule has 108 valence electrons. The highest BCUT2D eigenvalue weighted by Crippen LogP contribution is 2.10. The Morgan fingerprint density at radius 3 is 2.37 bits per heavy atom. The van der Waals surface area contributed by atoms with Crippen LogP contribution in [0.5, 0.6) is 0 Å². The Morgan fingerprint density at radius 1 is 1.21 bits per heavy atom. The molecule has 0 saturated heterocycles. The van der Waals surface area contributed by atoms with Gasteiger partial charge in [-0.15, -0.1) is 0 Å². The molecule has 0 spiro atoms. The molecule has 0 fully saturated rings. The molecule has 0 bridgehead atoms. The van der Waals surface area contributed by atoms with E-state index >= 15 is 0 Å². The third-order valence-electron chi connectivity index (χ3n) is 3.21. The third kappa shape index (κ3) is 7.30. The van der Waals surface area contributed by atoms with Gasteiger partial charge in [0.15, 0.2) is 0 Å². The van der Waals surface area contributed by atoms with Gasteiger partial charge in [0.2, 0.25) is 0 Å². The summed E-state index contributed by atoms with van der Waals surface area (Å²) in [7, 11) is -2.87. The zero-order valence-corrected chi connectivity index (χ0v) is 12.5. The maximum atomic E-state index is 11.1. The molecule has 1 unspecified atom stereocenters. The van der Waals surface area contributed by atoms with Gasteiger partial charge in [-0.25, -0.2) is 8.42 Å². The van der Waals surface area contributed by atoms with Crippen molar-refractivity contribution in [1.29, 1.82) is 0 Å². The van der Waals surface area contributed by atoms with Crippen LogP contribution in [0, 0.1) is 6.92 Å².